The number of nitrogens with zero attached hydrogens (tertiary/aromatic N) is 3. The second kappa shape index (κ2) is 6.70. The van der Waals surface area contributed by atoms with Crippen molar-refractivity contribution >= 4 is 5.82 Å². The molecule has 0 saturated carbocycles. The summed E-state index contributed by atoms with van der Waals surface area (Å²) in [6, 6.07) is 2.38. The minimum Gasteiger partial charge on any atom is -0.476 e. The number of likely N-dealkylation sites (N-methyl/N-ethyl adjacent to an activating group) is 1. The summed E-state index contributed by atoms with van der Waals surface area (Å²) in [5, 5.41) is 3.19. The van der Waals surface area contributed by atoms with Crippen LogP contribution in [0, 0.1) is 6.92 Å². The molecule has 1 atom stereocenters. The predicted molar refractivity (Wildman–Crippen MR) is 76.7 cm³/mol. The van der Waals surface area contributed by atoms with Crippen LogP contribution >= 0.6 is 0 Å². The van der Waals surface area contributed by atoms with E-state index in [2.05, 4.69) is 34.2 Å². The Kier molecular flexibility index (Phi) is 4.96. The molecule has 1 aromatic rings. The monoisotopic (exact) mass is 264 g/mol. The van der Waals surface area contributed by atoms with E-state index in [4.69, 9.17) is 4.74 Å². The molecule has 1 saturated heterocycles. The SMILES string of the molecule is CCNc1cc(OCC2CCCCN2C)nc(C)n1. The molecule has 1 aromatic heterocycles. The number of rotatable bonds is 5. The molecular weight excluding hydrogens is 240 g/mol. The number of anilines is 1. The molecule has 2 rings (SSSR count). The van der Waals surface area contributed by atoms with Gasteiger partial charge in [-0.05, 0) is 40.3 Å². The fraction of sp³-hybridized carbons (Fsp3) is 0.714. The van der Waals surface area contributed by atoms with Crippen molar-refractivity contribution in [3.63, 3.8) is 0 Å². The van der Waals surface area contributed by atoms with Gasteiger partial charge in [0.1, 0.15) is 18.2 Å². The van der Waals surface area contributed by atoms with Crippen LogP contribution in [0.15, 0.2) is 6.07 Å². The van der Waals surface area contributed by atoms with Gasteiger partial charge < -0.3 is 15.0 Å². The van der Waals surface area contributed by atoms with Gasteiger partial charge in [0.25, 0.3) is 0 Å². The Morgan fingerprint density at radius 2 is 2.26 bits per heavy atom. The Morgan fingerprint density at radius 3 is 3.00 bits per heavy atom. The third-order valence-electron chi connectivity index (χ3n) is 3.52. The lowest BCUT2D eigenvalue weighted by atomic mass is 10.0. The topological polar surface area (TPSA) is 50.3 Å². The van der Waals surface area contributed by atoms with E-state index in [0.717, 1.165) is 18.2 Å². The summed E-state index contributed by atoms with van der Waals surface area (Å²) in [4.78, 5) is 11.0. The van der Waals surface area contributed by atoms with Crippen LogP contribution in [0.1, 0.15) is 32.0 Å². The third kappa shape index (κ3) is 4.06. The average Bonchev–Trinajstić information content (AvgIpc) is 2.37. The lowest BCUT2D eigenvalue weighted by Gasteiger charge is -2.31. The molecular formula is C14H24N4O. The molecule has 19 heavy (non-hydrogen) atoms. The summed E-state index contributed by atoms with van der Waals surface area (Å²) >= 11 is 0. The number of hydrogen-bond donors (Lipinski definition) is 1. The summed E-state index contributed by atoms with van der Waals surface area (Å²) in [7, 11) is 2.17. The zero-order valence-electron chi connectivity index (χ0n) is 12.1. The van der Waals surface area contributed by atoms with E-state index < -0.39 is 0 Å². The van der Waals surface area contributed by atoms with Crippen molar-refractivity contribution in [1.82, 2.24) is 14.9 Å². The molecule has 0 bridgehead atoms. The molecule has 5 heteroatoms. The lowest BCUT2D eigenvalue weighted by Crippen LogP contribution is -2.40. The number of likely N-dealkylation sites (tertiary alicyclic amines) is 1. The lowest BCUT2D eigenvalue weighted by molar-refractivity contribution is 0.122. The highest BCUT2D eigenvalue weighted by Gasteiger charge is 2.19. The Labute approximate surface area is 115 Å². The van der Waals surface area contributed by atoms with Crippen LogP contribution in [0.25, 0.3) is 0 Å². The fourth-order valence-electron chi connectivity index (χ4n) is 2.42. The van der Waals surface area contributed by atoms with Gasteiger partial charge in [-0.2, -0.15) is 4.98 Å². The van der Waals surface area contributed by atoms with Crippen molar-refractivity contribution in [2.45, 2.75) is 39.2 Å². The van der Waals surface area contributed by atoms with Gasteiger partial charge in [0.15, 0.2) is 0 Å². The molecule has 1 unspecified atom stereocenters. The zero-order valence-corrected chi connectivity index (χ0v) is 12.1. The van der Waals surface area contributed by atoms with Crippen LogP contribution in [-0.4, -0.2) is 47.7 Å². The first-order chi connectivity index (χ1) is 9.19. The van der Waals surface area contributed by atoms with E-state index in [1.54, 1.807) is 0 Å². The van der Waals surface area contributed by atoms with E-state index in [9.17, 15) is 0 Å². The molecule has 1 aliphatic heterocycles. The van der Waals surface area contributed by atoms with Crippen LogP contribution in [0.4, 0.5) is 5.82 Å². The van der Waals surface area contributed by atoms with Gasteiger partial charge in [0.05, 0.1) is 0 Å². The first-order valence-electron chi connectivity index (χ1n) is 7.11. The molecule has 1 aliphatic rings. The van der Waals surface area contributed by atoms with Crippen molar-refractivity contribution in [3.05, 3.63) is 11.9 Å². The molecule has 0 aromatic carbocycles. The van der Waals surface area contributed by atoms with E-state index in [1.807, 2.05) is 13.0 Å². The van der Waals surface area contributed by atoms with Gasteiger partial charge in [-0.15, -0.1) is 0 Å². The van der Waals surface area contributed by atoms with Crippen molar-refractivity contribution in [2.24, 2.45) is 0 Å². The van der Waals surface area contributed by atoms with Crippen LogP contribution < -0.4 is 10.1 Å². The Bertz CT molecular complexity index is 410. The first kappa shape index (κ1) is 14.1. The first-order valence-corrected chi connectivity index (χ1v) is 7.11. The Morgan fingerprint density at radius 1 is 1.42 bits per heavy atom. The maximum atomic E-state index is 5.85. The second-order valence-electron chi connectivity index (χ2n) is 5.11. The molecule has 0 radical (unpaired) electrons. The van der Waals surface area contributed by atoms with Crippen molar-refractivity contribution in [2.75, 3.05) is 32.1 Å². The molecule has 0 aliphatic carbocycles. The summed E-state index contributed by atoms with van der Waals surface area (Å²) in [5.74, 6) is 2.25. The zero-order chi connectivity index (χ0) is 13.7. The van der Waals surface area contributed by atoms with E-state index in [-0.39, 0.29) is 0 Å². The molecule has 0 amide bonds. The third-order valence-corrected chi connectivity index (χ3v) is 3.52. The predicted octanol–water partition coefficient (Wildman–Crippen LogP) is 2.08. The van der Waals surface area contributed by atoms with Gasteiger partial charge in [0, 0.05) is 18.7 Å². The van der Waals surface area contributed by atoms with Crippen molar-refractivity contribution in [3.8, 4) is 5.88 Å². The number of ether oxygens (including phenoxy) is 1. The van der Waals surface area contributed by atoms with E-state index >= 15 is 0 Å². The summed E-state index contributed by atoms with van der Waals surface area (Å²) in [6.07, 6.45) is 3.80. The standard InChI is InChI=1S/C14H24N4O/c1-4-15-13-9-14(17-11(2)16-13)19-10-12-7-5-6-8-18(12)3/h9,12H,4-8,10H2,1-3H3,(H,15,16,17). The van der Waals surface area contributed by atoms with E-state index in [0.29, 0.717) is 18.5 Å². The average molecular weight is 264 g/mol. The molecule has 1 N–H and O–H groups in total. The van der Waals surface area contributed by atoms with Crippen LogP contribution in [0.5, 0.6) is 5.88 Å². The van der Waals surface area contributed by atoms with Gasteiger partial charge in [-0.25, -0.2) is 4.98 Å². The second-order valence-corrected chi connectivity index (χ2v) is 5.11. The largest absolute Gasteiger partial charge is 0.476 e. The molecule has 1 fully saturated rings. The minimum atomic E-state index is 0.506. The Balaban J connectivity index is 1.94. The van der Waals surface area contributed by atoms with Gasteiger partial charge in [-0.3, -0.25) is 0 Å². The summed E-state index contributed by atoms with van der Waals surface area (Å²) in [6.45, 7) is 6.66. The smallest absolute Gasteiger partial charge is 0.218 e. The highest BCUT2D eigenvalue weighted by molar-refractivity contribution is 5.38. The number of piperidine rings is 1. The van der Waals surface area contributed by atoms with Gasteiger partial charge in [0.2, 0.25) is 5.88 Å². The molecule has 5 nitrogen and oxygen atoms in total. The maximum absolute atomic E-state index is 5.85. The molecule has 2 heterocycles. The summed E-state index contributed by atoms with van der Waals surface area (Å²) in [5.41, 5.74) is 0. The highest BCUT2D eigenvalue weighted by atomic mass is 16.5. The van der Waals surface area contributed by atoms with E-state index in [1.165, 1.54) is 25.8 Å². The normalized spacial score (nSPS) is 20.3. The quantitative estimate of drug-likeness (QED) is 0.882. The maximum Gasteiger partial charge on any atom is 0.218 e. The number of hydrogen-bond acceptors (Lipinski definition) is 5. The number of aryl methyl sites for hydroxylation is 1. The number of nitrogens with one attached hydrogen (secondary N) is 1. The van der Waals surface area contributed by atoms with Crippen LogP contribution in [-0.2, 0) is 0 Å². The summed E-state index contributed by atoms with van der Waals surface area (Å²) < 4.78 is 5.85. The van der Waals surface area contributed by atoms with Crippen LogP contribution in [0.3, 0.4) is 0 Å². The number of aromatic nitrogens is 2. The van der Waals surface area contributed by atoms with Crippen LogP contribution in [0.2, 0.25) is 0 Å². The van der Waals surface area contributed by atoms with Crippen molar-refractivity contribution < 1.29 is 4.74 Å². The minimum absolute atomic E-state index is 0.506. The highest BCUT2D eigenvalue weighted by Crippen LogP contribution is 2.18. The Hall–Kier alpha value is -1.36. The molecule has 106 valence electrons. The fourth-order valence-corrected chi connectivity index (χ4v) is 2.42. The van der Waals surface area contributed by atoms with Gasteiger partial charge >= 0.3 is 0 Å². The van der Waals surface area contributed by atoms with Gasteiger partial charge in [-0.1, -0.05) is 6.42 Å². The molecule has 0 spiro atoms. The van der Waals surface area contributed by atoms with Crippen molar-refractivity contribution in [1.29, 1.82) is 0 Å².